The summed E-state index contributed by atoms with van der Waals surface area (Å²) < 4.78 is 6.18. The van der Waals surface area contributed by atoms with E-state index in [4.69, 9.17) is 21.9 Å². The van der Waals surface area contributed by atoms with E-state index >= 15 is 0 Å². The highest BCUT2D eigenvalue weighted by Crippen LogP contribution is 2.33. The molecule has 5 heteroatoms. The molecule has 0 saturated heterocycles. The predicted molar refractivity (Wildman–Crippen MR) is 77.6 cm³/mol. The van der Waals surface area contributed by atoms with Gasteiger partial charge in [0.15, 0.2) is 11.6 Å². The Kier molecular flexibility index (Phi) is 3.97. The highest BCUT2D eigenvalue weighted by molar-refractivity contribution is 9.10. The molecule has 0 bridgehead atoms. The second-order valence-corrected chi connectivity index (χ2v) is 5.86. The van der Waals surface area contributed by atoms with E-state index in [2.05, 4.69) is 34.9 Å². The zero-order valence-corrected chi connectivity index (χ0v) is 12.5. The van der Waals surface area contributed by atoms with Gasteiger partial charge in [-0.1, -0.05) is 30.6 Å². The summed E-state index contributed by atoms with van der Waals surface area (Å²) in [6.45, 7) is 4.26. The van der Waals surface area contributed by atoms with Crippen molar-refractivity contribution >= 4 is 33.3 Å². The van der Waals surface area contributed by atoms with E-state index in [-0.39, 0.29) is 0 Å². The molecule has 1 aromatic heterocycles. The standard InChI is InChI=1S/C13H14BrClN2O/c1-7(2)5-9-12(18-17-13(9)16)8-3-4-10(14)11(15)6-8/h3-4,6-7H,5H2,1-2H3,(H2,16,17). The van der Waals surface area contributed by atoms with Crippen LogP contribution in [0.5, 0.6) is 0 Å². The Labute approximate surface area is 119 Å². The van der Waals surface area contributed by atoms with Crippen LogP contribution in [0.4, 0.5) is 5.82 Å². The molecule has 96 valence electrons. The molecule has 0 unspecified atom stereocenters. The minimum absolute atomic E-state index is 0.456. The lowest BCUT2D eigenvalue weighted by molar-refractivity contribution is 0.434. The van der Waals surface area contributed by atoms with Crippen LogP contribution in [0.25, 0.3) is 11.3 Å². The van der Waals surface area contributed by atoms with Gasteiger partial charge in [0.25, 0.3) is 0 Å². The number of nitrogens with two attached hydrogens (primary N) is 1. The third-order valence-corrected chi connectivity index (χ3v) is 3.85. The van der Waals surface area contributed by atoms with Crippen LogP contribution in [0.15, 0.2) is 27.2 Å². The molecule has 1 aromatic carbocycles. The largest absolute Gasteiger partial charge is 0.381 e. The summed E-state index contributed by atoms with van der Waals surface area (Å²) in [5.41, 5.74) is 7.69. The number of aromatic nitrogens is 1. The molecule has 3 nitrogen and oxygen atoms in total. The normalized spacial score (nSPS) is 11.2. The Morgan fingerprint density at radius 1 is 1.44 bits per heavy atom. The van der Waals surface area contributed by atoms with Crippen LogP contribution in [0.3, 0.4) is 0 Å². The number of rotatable bonds is 3. The summed E-state index contributed by atoms with van der Waals surface area (Å²) in [6, 6.07) is 5.66. The summed E-state index contributed by atoms with van der Waals surface area (Å²) in [5.74, 6) is 1.64. The van der Waals surface area contributed by atoms with Crippen LogP contribution in [0, 0.1) is 5.92 Å². The maximum absolute atomic E-state index is 6.09. The summed E-state index contributed by atoms with van der Waals surface area (Å²) >= 11 is 9.45. The highest BCUT2D eigenvalue weighted by atomic mass is 79.9. The van der Waals surface area contributed by atoms with Crippen molar-refractivity contribution < 1.29 is 4.52 Å². The van der Waals surface area contributed by atoms with Crippen molar-refractivity contribution in [2.24, 2.45) is 5.92 Å². The molecule has 0 atom stereocenters. The van der Waals surface area contributed by atoms with Crippen molar-refractivity contribution in [3.63, 3.8) is 0 Å². The average Bonchev–Trinajstić information content (AvgIpc) is 2.64. The van der Waals surface area contributed by atoms with Gasteiger partial charge in [0.1, 0.15) is 0 Å². The summed E-state index contributed by atoms with van der Waals surface area (Å²) in [4.78, 5) is 0. The van der Waals surface area contributed by atoms with Crippen molar-refractivity contribution in [2.45, 2.75) is 20.3 Å². The number of hydrogen-bond donors (Lipinski definition) is 1. The fraction of sp³-hybridized carbons (Fsp3) is 0.308. The number of hydrogen-bond acceptors (Lipinski definition) is 3. The molecule has 0 amide bonds. The number of halogens is 2. The topological polar surface area (TPSA) is 52.0 Å². The molecular weight excluding hydrogens is 316 g/mol. The number of anilines is 1. The SMILES string of the molecule is CC(C)Cc1c(N)noc1-c1ccc(Br)c(Cl)c1. The smallest absolute Gasteiger partial charge is 0.172 e. The van der Waals surface area contributed by atoms with E-state index in [1.54, 1.807) is 0 Å². The third-order valence-electron chi connectivity index (χ3n) is 2.61. The van der Waals surface area contributed by atoms with Crippen LogP contribution in [0.1, 0.15) is 19.4 Å². The maximum atomic E-state index is 6.09. The van der Waals surface area contributed by atoms with Crippen molar-refractivity contribution in [2.75, 3.05) is 5.73 Å². The predicted octanol–water partition coefficient (Wildman–Crippen LogP) is 4.54. The third kappa shape index (κ3) is 2.70. The molecule has 0 saturated carbocycles. The first-order chi connectivity index (χ1) is 8.49. The van der Waals surface area contributed by atoms with Crippen LogP contribution in [-0.2, 0) is 6.42 Å². The maximum Gasteiger partial charge on any atom is 0.172 e. The van der Waals surface area contributed by atoms with Gasteiger partial charge >= 0.3 is 0 Å². The molecule has 0 aliphatic heterocycles. The Bertz CT molecular complexity index is 566. The zero-order chi connectivity index (χ0) is 13.3. The second kappa shape index (κ2) is 5.33. The number of benzene rings is 1. The first-order valence-corrected chi connectivity index (χ1v) is 6.85. The fourth-order valence-electron chi connectivity index (χ4n) is 1.79. The van der Waals surface area contributed by atoms with Gasteiger partial charge in [0, 0.05) is 15.6 Å². The van der Waals surface area contributed by atoms with Gasteiger partial charge in [-0.25, -0.2) is 0 Å². The summed E-state index contributed by atoms with van der Waals surface area (Å²) in [5, 5.41) is 4.48. The number of nitrogens with zero attached hydrogens (tertiary/aromatic N) is 1. The monoisotopic (exact) mass is 328 g/mol. The van der Waals surface area contributed by atoms with Gasteiger partial charge in [-0.15, -0.1) is 0 Å². The van der Waals surface area contributed by atoms with Crippen molar-refractivity contribution in [1.29, 1.82) is 0 Å². The van der Waals surface area contributed by atoms with Gasteiger partial charge in [-0.05, 0) is 46.5 Å². The van der Waals surface area contributed by atoms with Crippen LogP contribution >= 0.6 is 27.5 Å². The van der Waals surface area contributed by atoms with E-state index in [1.807, 2.05) is 18.2 Å². The fourth-order valence-corrected chi connectivity index (χ4v) is 2.22. The summed E-state index contributed by atoms with van der Waals surface area (Å²) in [6.07, 6.45) is 0.832. The molecule has 0 spiro atoms. The van der Waals surface area contributed by atoms with E-state index in [9.17, 15) is 0 Å². The van der Waals surface area contributed by atoms with E-state index in [0.717, 1.165) is 22.0 Å². The lowest BCUT2D eigenvalue weighted by Gasteiger charge is -2.06. The minimum atomic E-state index is 0.456. The first-order valence-electron chi connectivity index (χ1n) is 5.68. The zero-order valence-electron chi connectivity index (χ0n) is 10.2. The molecule has 18 heavy (non-hydrogen) atoms. The molecule has 0 aliphatic rings. The molecular formula is C13H14BrClN2O. The van der Waals surface area contributed by atoms with Gasteiger partial charge in [-0.3, -0.25) is 0 Å². The average molecular weight is 330 g/mol. The van der Waals surface area contributed by atoms with E-state index in [1.165, 1.54) is 0 Å². The minimum Gasteiger partial charge on any atom is -0.381 e. The Hall–Kier alpha value is -1.000. The van der Waals surface area contributed by atoms with Gasteiger partial charge in [0.2, 0.25) is 0 Å². The van der Waals surface area contributed by atoms with Crippen molar-refractivity contribution in [3.05, 3.63) is 33.3 Å². The molecule has 0 aliphatic carbocycles. The van der Waals surface area contributed by atoms with Gasteiger partial charge in [-0.2, -0.15) is 0 Å². The summed E-state index contributed by atoms with van der Waals surface area (Å²) in [7, 11) is 0. The quantitative estimate of drug-likeness (QED) is 0.899. The molecule has 2 aromatic rings. The lowest BCUT2D eigenvalue weighted by Crippen LogP contribution is -1.98. The van der Waals surface area contributed by atoms with E-state index in [0.29, 0.717) is 22.5 Å². The van der Waals surface area contributed by atoms with Gasteiger partial charge < -0.3 is 10.3 Å². The Morgan fingerprint density at radius 2 is 2.17 bits per heavy atom. The highest BCUT2D eigenvalue weighted by Gasteiger charge is 2.17. The van der Waals surface area contributed by atoms with Crippen LogP contribution in [-0.4, -0.2) is 5.16 Å². The molecule has 0 radical (unpaired) electrons. The molecule has 0 fully saturated rings. The van der Waals surface area contributed by atoms with Crippen LogP contribution in [0.2, 0.25) is 5.02 Å². The van der Waals surface area contributed by atoms with Crippen LogP contribution < -0.4 is 5.73 Å². The van der Waals surface area contributed by atoms with Crippen molar-refractivity contribution in [1.82, 2.24) is 5.16 Å². The molecule has 1 heterocycles. The van der Waals surface area contributed by atoms with E-state index < -0.39 is 0 Å². The second-order valence-electron chi connectivity index (χ2n) is 4.60. The van der Waals surface area contributed by atoms with Gasteiger partial charge in [0.05, 0.1) is 5.02 Å². The lowest BCUT2D eigenvalue weighted by atomic mass is 10.00. The Morgan fingerprint density at radius 3 is 2.78 bits per heavy atom. The van der Waals surface area contributed by atoms with Crippen molar-refractivity contribution in [3.8, 4) is 11.3 Å². The first kappa shape index (κ1) is 13.4. The Balaban J connectivity index is 2.47. The molecule has 2 rings (SSSR count). The number of nitrogen functional groups attached to an aromatic ring is 1. The molecule has 2 N–H and O–H groups in total.